The molecule has 0 spiro atoms. The maximum absolute atomic E-state index is 11.2. The second-order valence-corrected chi connectivity index (χ2v) is 3.20. The first-order chi connectivity index (χ1) is 6.20. The summed E-state index contributed by atoms with van der Waals surface area (Å²) >= 11 is 0. The molecule has 68 valence electrons. The Balaban J connectivity index is 2.83. The highest BCUT2D eigenvalue weighted by molar-refractivity contribution is 5.46. The summed E-state index contributed by atoms with van der Waals surface area (Å²) in [6, 6.07) is 0. The van der Waals surface area contributed by atoms with Gasteiger partial charge in [-0.2, -0.15) is 9.61 Å². The predicted molar refractivity (Wildman–Crippen MR) is 47.7 cm³/mol. The maximum Gasteiger partial charge on any atom is 0.349 e. The fourth-order valence-corrected chi connectivity index (χ4v) is 1.25. The normalized spacial score (nSPS) is 11.3. The molecule has 5 heteroatoms. The van der Waals surface area contributed by atoms with Crippen LogP contribution in [0.1, 0.15) is 25.3 Å². The Bertz CT molecular complexity index is 482. The highest BCUT2D eigenvalue weighted by Crippen LogP contribution is 2.16. The zero-order valence-corrected chi connectivity index (χ0v) is 7.48. The van der Waals surface area contributed by atoms with Crippen molar-refractivity contribution in [2.24, 2.45) is 0 Å². The Kier molecular flexibility index (Phi) is 1.65. The smallest absolute Gasteiger partial charge is 0.296 e. The van der Waals surface area contributed by atoms with E-state index in [2.05, 4.69) is 15.1 Å². The van der Waals surface area contributed by atoms with Crippen LogP contribution in [0.2, 0.25) is 0 Å². The molecule has 0 unspecified atom stereocenters. The van der Waals surface area contributed by atoms with Gasteiger partial charge >= 0.3 is 5.69 Å². The SMILES string of the molecule is CC(C)c1cnn2c(=O)[nH]cnc12. The summed E-state index contributed by atoms with van der Waals surface area (Å²) in [5.74, 6) is 0.326. The highest BCUT2D eigenvalue weighted by atomic mass is 16.1. The molecular formula is C8H10N4O. The Morgan fingerprint density at radius 3 is 3.00 bits per heavy atom. The number of aromatic amines is 1. The van der Waals surface area contributed by atoms with E-state index in [0.29, 0.717) is 11.6 Å². The van der Waals surface area contributed by atoms with E-state index in [1.165, 1.54) is 10.8 Å². The van der Waals surface area contributed by atoms with Crippen LogP contribution in [-0.2, 0) is 0 Å². The lowest BCUT2D eigenvalue weighted by Crippen LogP contribution is -2.17. The fourth-order valence-electron chi connectivity index (χ4n) is 1.25. The van der Waals surface area contributed by atoms with Crippen molar-refractivity contribution in [3.63, 3.8) is 0 Å². The van der Waals surface area contributed by atoms with E-state index in [1.54, 1.807) is 6.20 Å². The van der Waals surface area contributed by atoms with Crippen LogP contribution in [0, 0.1) is 0 Å². The number of nitrogens with zero attached hydrogens (tertiary/aromatic N) is 3. The molecule has 0 amide bonds. The molecule has 2 rings (SSSR count). The van der Waals surface area contributed by atoms with Gasteiger partial charge in [0.2, 0.25) is 0 Å². The second kappa shape index (κ2) is 2.69. The maximum atomic E-state index is 11.2. The first kappa shape index (κ1) is 7.97. The monoisotopic (exact) mass is 178 g/mol. The molecule has 0 saturated heterocycles. The molecule has 5 nitrogen and oxygen atoms in total. The van der Waals surface area contributed by atoms with Gasteiger partial charge in [-0.3, -0.25) is 4.98 Å². The molecule has 0 aromatic carbocycles. The van der Waals surface area contributed by atoms with Crippen LogP contribution < -0.4 is 5.69 Å². The molecule has 0 aliphatic rings. The van der Waals surface area contributed by atoms with Crippen LogP contribution in [0.25, 0.3) is 5.65 Å². The Morgan fingerprint density at radius 2 is 2.31 bits per heavy atom. The van der Waals surface area contributed by atoms with Crippen molar-refractivity contribution in [2.45, 2.75) is 19.8 Å². The van der Waals surface area contributed by atoms with Gasteiger partial charge in [0.15, 0.2) is 5.65 Å². The van der Waals surface area contributed by atoms with Crippen molar-refractivity contribution in [3.8, 4) is 0 Å². The number of nitrogens with one attached hydrogen (secondary N) is 1. The molecule has 0 saturated carbocycles. The van der Waals surface area contributed by atoms with E-state index < -0.39 is 0 Å². The lowest BCUT2D eigenvalue weighted by Gasteiger charge is -1.99. The summed E-state index contributed by atoms with van der Waals surface area (Å²) in [5.41, 5.74) is 1.38. The lowest BCUT2D eigenvalue weighted by molar-refractivity contribution is 0.836. The number of aromatic nitrogens is 4. The number of H-pyrrole nitrogens is 1. The molecule has 0 aliphatic carbocycles. The molecule has 0 atom stereocenters. The summed E-state index contributed by atoms with van der Waals surface area (Å²) in [5, 5.41) is 3.95. The number of rotatable bonds is 1. The molecule has 0 fully saturated rings. The largest absolute Gasteiger partial charge is 0.349 e. The quantitative estimate of drug-likeness (QED) is 0.693. The predicted octanol–water partition coefficient (Wildman–Crippen LogP) is 0.541. The van der Waals surface area contributed by atoms with Crippen molar-refractivity contribution in [1.82, 2.24) is 19.6 Å². The molecule has 0 radical (unpaired) electrons. The van der Waals surface area contributed by atoms with Crippen LogP contribution in [0.4, 0.5) is 0 Å². The molecule has 0 bridgehead atoms. The summed E-state index contributed by atoms with van der Waals surface area (Å²) in [6.45, 7) is 4.08. The number of fused-ring (bicyclic) bond motifs is 1. The highest BCUT2D eigenvalue weighted by Gasteiger charge is 2.09. The molecule has 2 aromatic heterocycles. The molecule has 13 heavy (non-hydrogen) atoms. The third kappa shape index (κ3) is 1.12. The Morgan fingerprint density at radius 1 is 1.54 bits per heavy atom. The molecule has 2 heterocycles. The standard InChI is InChI=1S/C8H10N4O/c1-5(2)6-3-11-12-7(6)9-4-10-8(12)13/h3-5H,1-2H3,(H,9,10,13). The van der Waals surface area contributed by atoms with Gasteiger partial charge < -0.3 is 0 Å². The molecule has 0 aliphatic heterocycles. The van der Waals surface area contributed by atoms with Gasteiger partial charge in [-0.1, -0.05) is 13.8 Å². The van der Waals surface area contributed by atoms with Gasteiger partial charge in [0.25, 0.3) is 0 Å². The van der Waals surface area contributed by atoms with Gasteiger partial charge in [-0.05, 0) is 5.92 Å². The molecular weight excluding hydrogens is 168 g/mol. The fraction of sp³-hybridized carbons (Fsp3) is 0.375. The number of hydrogen-bond donors (Lipinski definition) is 1. The van der Waals surface area contributed by atoms with E-state index in [4.69, 9.17) is 0 Å². The average Bonchev–Trinajstić information content (AvgIpc) is 2.48. The van der Waals surface area contributed by atoms with Gasteiger partial charge in [0.05, 0.1) is 12.5 Å². The van der Waals surface area contributed by atoms with Gasteiger partial charge in [0.1, 0.15) is 0 Å². The summed E-state index contributed by atoms with van der Waals surface area (Å²) in [7, 11) is 0. The molecule has 1 N–H and O–H groups in total. The summed E-state index contributed by atoms with van der Waals surface area (Å²) in [4.78, 5) is 17.7. The van der Waals surface area contributed by atoms with E-state index in [1.807, 2.05) is 13.8 Å². The summed E-state index contributed by atoms with van der Waals surface area (Å²) < 4.78 is 1.27. The Labute approximate surface area is 74.4 Å². The van der Waals surface area contributed by atoms with Crippen LogP contribution in [0.5, 0.6) is 0 Å². The van der Waals surface area contributed by atoms with Gasteiger partial charge in [-0.25, -0.2) is 9.78 Å². The minimum Gasteiger partial charge on any atom is -0.296 e. The zero-order valence-electron chi connectivity index (χ0n) is 7.48. The third-order valence-electron chi connectivity index (χ3n) is 1.96. The van der Waals surface area contributed by atoms with E-state index in [9.17, 15) is 4.79 Å². The Hall–Kier alpha value is -1.65. The van der Waals surface area contributed by atoms with E-state index in [-0.39, 0.29) is 5.69 Å². The lowest BCUT2D eigenvalue weighted by atomic mass is 10.1. The molecule has 2 aromatic rings. The van der Waals surface area contributed by atoms with Crippen molar-refractivity contribution >= 4 is 5.65 Å². The van der Waals surface area contributed by atoms with Gasteiger partial charge in [0, 0.05) is 5.56 Å². The first-order valence-corrected chi connectivity index (χ1v) is 4.11. The third-order valence-corrected chi connectivity index (χ3v) is 1.96. The topological polar surface area (TPSA) is 63.1 Å². The summed E-state index contributed by atoms with van der Waals surface area (Å²) in [6.07, 6.45) is 3.08. The van der Waals surface area contributed by atoms with E-state index in [0.717, 1.165) is 5.56 Å². The minimum absolute atomic E-state index is 0.253. The first-order valence-electron chi connectivity index (χ1n) is 4.11. The van der Waals surface area contributed by atoms with Crippen molar-refractivity contribution < 1.29 is 0 Å². The van der Waals surface area contributed by atoms with Crippen molar-refractivity contribution in [2.75, 3.05) is 0 Å². The van der Waals surface area contributed by atoms with Crippen molar-refractivity contribution in [3.05, 3.63) is 28.6 Å². The van der Waals surface area contributed by atoms with Crippen LogP contribution >= 0.6 is 0 Å². The van der Waals surface area contributed by atoms with E-state index >= 15 is 0 Å². The average molecular weight is 178 g/mol. The minimum atomic E-state index is -0.253. The van der Waals surface area contributed by atoms with Crippen LogP contribution in [0.15, 0.2) is 17.3 Å². The van der Waals surface area contributed by atoms with Gasteiger partial charge in [-0.15, -0.1) is 0 Å². The second-order valence-electron chi connectivity index (χ2n) is 3.20. The zero-order chi connectivity index (χ0) is 9.42. The van der Waals surface area contributed by atoms with Crippen molar-refractivity contribution in [1.29, 1.82) is 0 Å². The van der Waals surface area contributed by atoms with Crippen LogP contribution in [-0.4, -0.2) is 19.6 Å². The van der Waals surface area contributed by atoms with Crippen LogP contribution in [0.3, 0.4) is 0 Å². The number of hydrogen-bond acceptors (Lipinski definition) is 3.